The van der Waals surface area contributed by atoms with Gasteiger partial charge in [-0.1, -0.05) is 48.8 Å². The number of ether oxygens (including phenoxy) is 1. The van der Waals surface area contributed by atoms with Crippen LogP contribution in [-0.2, 0) is 0 Å². The number of para-hydroxylation sites is 1. The third-order valence-electron chi connectivity index (χ3n) is 4.40. The highest BCUT2D eigenvalue weighted by molar-refractivity contribution is 7.16. The second kappa shape index (κ2) is 6.28. The molecule has 2 heterocycles. The maximum Gasteiger partial charge on any atom is 0.234 e. The van der Waals surface area contributed by atoms with Crippen LogP contribution in [-0.4, -0.2) is 19.8 Å². The Balaban J connectivity index is 1.57. The van der Waals surface area contributed by atoms with Crippen LogP contribution in [0.15, 0.2) is 30.3 Å². The summed E-state index contributed by atoms with van der Waals surface area (Å²) < 4.78 is 7.90. The Morgan fingerprint density at radius 1 is 1.13 bits per heavy atom. The zero-order chi connectivity index (χ0) is 15.6. The molecule has 120 valence electrons. The lowest BCUT2D eigenvalue weighted by Crippen LogP contribution is -2.10. The Bertz CT molecular complexity index is 776. The van der Waals surface area contributed by atoms with Crippen LogP contribution in [0.5, 0.6) is 5.75 Å². The van der Waals surface area contributed by atoms with Crippen LogP contribution < -0.4 is 4.74 Å². The molecule has 0 aliphatic heterocycles. The molecule has 0 unspecified atom stereocenters. The number of aromatic nitrogens is 4. The summed E-state index contributed by atoms with van der Waals surface area (Å²) in [5.41, 5.74) is 0. The van der Waals surface area contributed by atoms with Crippen molar-refractivity contribution in [3.05, 3.63) is 41.2 Å². The molecule has 1 saturated carbocycles. The van der Waals surface area contributed by atoms with Crippen molar-refractivity contribution in [1.29, 1.82) is 0 Å². The number of fused-ring (bicyclic) bond motifs is 1. The first-order valence-corrected chi connectivity index (χ1v) is 9.06. The predicted molar refractivity (Wildman–Crippen MR) is 90.0 cm³/mol. The van der Waals surface area contributed by atoms with E-state index in [1.54, 1.807) is 11.3 Å². The van der Waals surface area contributed by atoms with E-state index in [0.717, 1.165) is 21.5 Å². The summed E-state index contributed by atoms with van der Waals surface area (Å²) in [4.78, 5) is 0.865. The van der Waals surface area contributed by atoms with Crippen molar-refractivity contribution < 1.29 is 4.74 Å². The Kier molecular flexibility index (Phi) is 3.99. The molecule has 1 aliphatic rings. The smallest absolute Gasteiger partial charge is 0.234 e. The van der Waals surface area contributed by atoms with Crippen LogP contribution >= 0.6 is 11.3 Å². The van der Waals surface area contributed by atoms with Gasteiger partial charge in [0.15, 0.2) is 10.8 Å². The highest BCUT2D eigenvalue weighted by Crippen LogP contribution is 2.33. The summed E-state index contributed by atoms with van der Waals surface area (Å²) in [5, 5.41) is 14.4. The molecule has 6 heteroatoms. The minimum Gasteiger partial charge on any atom is -0.483 e. The Hall–Kier alpha value is -1.95. The fourth-order valence-electron chi connectivity index (χ4n) is 3.18. The van der Waals surface area contributed by atoms with Crippen LogP contribution in [0.25, 0.3) is 4.96 Å². The topological polar surface area (TPSA) is 52.3 Å². The van der Waals surface area contributed by atoms with Gasteiger partial charge in [-0.05, 0) is 31.9 Å². The van der Waals surface area contributed by atoms with E-state index in [-0.39, 0.29) is 6.10 Å². The summed E-state index contributed by atoms with van der Waals surface area (Å²) in [5.74, 6) is 2.38. The molecule has 0 radical (unpaired) electrons. The summed E-state index contributed by atoms with van der Waals surface area (Å²) in [6, 6.07) is 9.86. The standard InChI is InChI=1S/C17H20N4OS/c1-12(22-14-10-6-3-7-11-14)16-20-21-15(18-19-17(21)23-16)13-8-4-2-5-9-13/h3,6-7,10-13H,2,4-5,8-9H2,1H3/t12-/m1/s1. The van der Waals surface area contributed by atoms with Gasteiger partial charge in [-0.3, -0.25) is 0 Å². The van der Waals surface area contributed by atoms with Crippen LogP contribution in [0.4, 0.5) is 0 Å². The van der Waals surface area contributed by atoms with E-state index in [1.165, 1.54) is 32.1 Å². The lowest BCUT2D eigenvalue weighted by atomic mass is 9.89. The monoisotopic (exact) mass is 328 g/mol. The molecule has 0 spiro atoms. The maximum absolute atomic E-state index is 5.97. The molecule has 0 N–H and O–H groups in total. The lowest BCUT2D eigenvalue weighted by molar-refractivity contribution is 0.225. The van der Waals surface area contributed by atoms with E-state index in [0.29, 0.717) is 5.92 Å². The second-order valence-electron chi connectivity index (χ2n) is 6.10. The van der Waals surface area contributed by atoms with Crippen molar-refractivity contribution in [2.75, 3.05) is 0 Å². The van der Waals surface area contributed by atoms with E-state index in [2.05, 4.69) is 10.2 Å². The first-order valence-electron chi connectivity index (χ1n) is 8.25. The Labute approximate surface area is 139 Å². The van der Waals surface area contributed by atoms with Gasteiger partial charge in [-0.2, -0.15) is 9.61 Å². The first-order chi connectivity index (χ1) is 11.3. The maximum atomic E-state index is 5.97. The van der Waals surface area contributed by atoms with Gasteiger partial charge in [0.25, 0.3) is 0 Å². The van der Waals surface area contributed by atoms with E-state index in [1.807, 2.05) is 41.8 Å². The molecule has 1 fully saturated rings. The number of nitrogens with zero attached hydrogens (tertiary/aromatic N) is 4. The van der Waals surface area contributed by atoms with E-state index in [9.17, 15) is 0 Å². The molecule has 3 aromatic rings. The summed E-state index contributed by atoms with van der Waals surface area (Å²) in [7, 11) is 0. The number of hydrogen-bond acceptors (Lipinski definition) is 5. The van der Waals surface area contributed by atoms with Gasteiger partial charge in [0.05, 0.1) is 0 Å². The molecule has 0 amide bonds. The third kappa shape index (κ3) is 2.95. The van der Waals surface area contributed by atoms with E-state index < -0.39 is 0 Å². The van der Waals surface area contributed by atoms with Gasteiger partial charge < -0.3 is 4.74 Å². The summed E-state index contributed by atoms with van der Waals surface area (Å²) >= 11 is 1.56. The Morgan fingerprint density at radius 2 is 1.91 bits per heavy atom. The molecule has 23 heavy (non-hydrogen) atoms. The molecule has 5 nitrogen and oxygen atoms in total. The van der Waals surface area contributed by atoms with Crippen molar-refractivity contribution >= 4 is 16.3 Å². The van der Waals surface area contributed by atoms with Gasteiger partial charge in [0.1, 0.15) is 11.9 Å². The molecule has 1 atom stereocenters. The minimum absolute atomic E-state index is 0.0942. The average molecular weight is 328 g/mol. The van der Waals surface area contributed by atoms with Gasteiger partial charge in [-0.15, -0.1) is 10.2 Å². The van der Waals surface area contributed by atoms with E-state index in [4.69, 9.17) is 9.84 Å². The largest absolute Gasteiger partial charge is 0.483 e. The van der Waals surface area contributed by atoms with Crippen molar-refractivity contribution in [1.82, 2.24) is 19.8 Å². The van der Waals surface area contributed by atoms with Crippen molar-refractivity contribution in [3.8, 4) is 5.75 Å². The normalized spacial score (nSPS) is 17.4. The SMILES string of the molecule is C[C@@H](Oc1ccccc1)c1nn2c(C3CCCCC3)nnc2s1. The van der Waals surface area contributed by atoms with Crippen molar-refractivity contribution in [2.45, 2.75) is 51.0 Å². The van der Waals surface area contributed by atoms with Gasteiger partial charge in [-0.25, -0.2) is 0 Å². The van der Waals surface area contributed by atoms with E-state index >= 15 is 0 Å². The average Bonchev–Trinajstić information content (AvgIpc) is 3.17. The highest BCUT2D eigenvalue weighted by Gasteiger charge is 2.24. The van der Waals surface area contributed by atoms with Gasteiger partial charge in [0, 0.05) is 5.92 Å². The summed E-state index contributed by atoms with van der Waals surface area (Å²) in [6.45, 7) is 2.03. The van der Waals surface area contributed by atoms with Crippen LogP contribution in [0.1, 0.15) is 61.9 Å². The fraction of sp³-hybridized carbons (Fsp3) is 0.471. The predicted octanol–water partition coefficient (Wildman–Crippen LogP) is 4.37. The molecule has 0 bridgehead atoms. The zero-order valence-electron chi connectivity index (χ0n) is 13.2. The number of hydrogen-bond donors (Lipinski definition) is 0. The molecule has 1 aromatic carbocycles. The molecule has 1 aliphatic carbocycles. The minimum atomic E-state index is -0.0942. The molecular weight excluding hydrogens is 308 g/mol. The Morgan fingerprint density at radius 3 is 2.70 bits per heavy atom. The van der Waals surface area contributed by atoms with Crippen LogP contribution in [0, 0.1) is 0 Å². The molecular formula is C17H20N4OS. The second-order valence-corrected chi connectivity index (χ2v) is 7.09. The fourth-order valence-corrected chi connectivity index (χ4v) is 4.01. The van der Waals surface area contributed by atoms with Gasteiger partial charge >= 0.3 is 0 Å². The highest BCUT2D eigenvalue weighted by atomic mass is 32.1. The van der Waals surface area contributed by atoms with Crippen molar-refractivity contribution in [3.63, 3.8) is 0 Å². The number of rotatable bonds is 4. The first kappa shape index (κ1) is 14.6. The summed E-state index contributed by atoms with van der Waals surface area (Å²) in [6.07, 6.45) is 6.20. The molecule has 4 rings (SSSR count). The molecule has 2 aromatic heterocycles. The zero-order valence-corrected chi connectivity index (χ0v) is 14.0. The third-order valence-corrected chi connectivity index (χ3v) is 5.46. The quantitative estimate of drug-likeness (QED) is 0.713. The van der Waals surface area contributed by atoms with Crippen LogP contribution in [0.2, 0.25) is 0 Å². The van der Waals surface area contributed by atoms with Gasteiger partial charge in [0.2, 0.25) is 4.96 Å². The van der Waals surface area contributed by atoms with Crippen molar-refractivity contribution in [2.24, 2.45) is 0 Å². The lowest BCUT2D eigenvalue weighted by Gasteiger charge is -2.18. The van der Waals surface area contributed by atoms with Crippen LogP contribution in [0.3, 0.4) is 0 Å². The number of benzene rings is 1. The molecule has 0 saturated heterocycles.